The molecule has 0 saturated heterocycles. The molecular formula is C8H12BrNO3S2. The van der Waals surface area contributed by atoms with E-state index in [0.717, 1.165) is 11.3 Å². The topological polar surface area (TPSA) is 66.4 Å². The number of sulfonamides is 1. The van der Waals surface area contributed by atoms with Crippen LogP contribution >= 0.6 is 27.3 Å². The van der Waals surface area contributed by atoms with Crippen LogP contribution in [0.4, 0.5) is 0 Å². The molecule has 0 radical (unpaired) electrons. The predicted molar refractivity (Wildman–Crippen MR) is 63.5 cm³/mol. The number of rotatable bonds is 5. The maximum Gasteiger partial charge on any atom is 0.251 e. The Hall–Kier alpha value is 0.0500. The molecule has 1 aromatic heterocycles. The lowest BCUT2D eigenvalue weighted by Crippen LogP contribution is -2.29. The highest BCUT2D eigenvalue weighted by Crippen LogP contribution is 2.27. The Kier molecular flexibility index (Phi) is 4.72. The lowest BCUT2D eigenvalue weighted by Gasteiger charge is -2.09. The van der Waals surface area contributed by atoms with Gasteiger partial charge in [-0.1, -0.05) is 6.92 Å². The summed E-state index contributed by atoms with van der Waals surface area (Å²) in [6, 6.07) is 1.69. The molecule has 1 heterocycles. The Morgan fingerprint density at radius 1 is 1.67 bits per heavy atom. The fraction of sp³-hybridized carbons (Fsp3) is 0.500. The maximum absolute atomic E-state index is 11.7. The Bertz CT molecular complexity index is 415. The quantitative estimate of drug-likeness (QED) is 0.864. The summed E-state index contributed by atoms with van der Waals surface area (Å²) < 4.78 is 26.7. The minimum atomic E-state index is -3.44. The SMILES string of the molecule is CC(CO)CNS(=O)(=O)c1sccc1Br. The average Bonchev–Trinajstić information content (AvgIpc) is 2.61. The molecule has 0 fully saturated rings. The number of hydrogen-bond acceptors (Lipinski definition) is 4. The second-order valence-electron chi connectivity index (χ2n) is 3.20. The average molecular weight is 314 g/mol. The van der Waals surface area contributed by atoms with E-state index in [-0.39, 0.29) is 23.3 Å². The van der Waals surface area contributed by atoms with Crippen molar-refractivity contribution >= 4 is 37.3 Å². The highest BCUT2D eigenvalue weighted by molar-refractivity contribution is 9.10. The largest absolute Gasteiger partial charge is 0.396 e. The first kappa shape index (κ1) is 13.1. The number of thiophene rings is 1. The lowest BCUT2D eigenvalue weighted by molar-refractivity contribution is 0.238. The standard InChI is InChI=1S/C8H12BrNO3S2/c1-6(5-11)4-10-15(12,13)8-7(9)2-3-14-8/h2-3,6,10-11H,4-5H2,1H3. The Morgan fingerprint density at radius 2 is 2.33 bits per heavy atom. The number of hydrogen-bond donors (Lipinski definition) is 2. The zero-order valence-electron chi connectivity index (χ0n) is 8.10. The molecule has 0 spiro atoms. The molecule has 2 N–H and O–H groups in total. The molecule has 0 saturated carbocycles. The summed E-state index contributed by atoms with van der Waals surface area (Å²) in [5.74, 6) is -0.0847. The zero-order valence-corrected chi connectivity index (χ0v) is 11.3. The van der Waals surface area contributed by atoms with Gasteiger partial charge in [-0.25, -0.2) is 13.1 Å². The van der Waals surface area contributed by atoms with E-state index in [2.05, 4.69) is 20.7 Å². The van der Waals surface area contributed by atoms with Crippen LogP contribution in [-0.2, 0) is 10.0 Å². The minimum absolute atomic E-state index is 0.0336. The third-order valence-electron chi connectivity index (χ3n) is 1.76. The van der Waals surface area contributed by atoms with E-state index in [1.807, 2.05) is 0 Å². The lowest BCUT2D eigenvalue weighted by atomic mass is 10.2. The van der Waals surface area contributed by atoms with Gasteiger partial charge in [0.2, 0.25) is 0 Å². The molecular weight excluding hydrogens is 302 g/mol. The fourth-order valence-corrected chi connectivity index (χ4v) is 4.40. The van der Waals surface area contributed by atoms with Gasteiger partial charge < -0.3 is 5.11 Å². The zero-order chi connectivity index (χ0) is 11.5. The molecule has 86 valence electrons. The van der Waals surface area contributed by atoms with E-state index >= 15 is 0 Å². The van der Waals surface area contributed by atoms with Gasteiger partial charge in [-0.05, 0) is 33.3 Å². The third kappa shape index (κ3) is 3.53. The fourth-order valence-electron chi connectivity index (χ4n) is 0.854. The van der Waals surface area contributed by atoms with Crippen LogP contribution in [0.3, 0.4) is 0 Å². The van der Waals surface area contributed by atoms with Crippen LogP contribution < -0.4 is 4.72 Å². The van der Waals surface area contributed by atoms with Crippen molar-refractivity contribution in [3.8, 4) is 0 Å². The number of nitrogens with one attached hydrogen (secondary N) is 1. The summed E-state index contributed by atoms with van der Waals surface area (Å²) >= 11 is 4.32. The van der Waals surface area contributed by atoms with Gasteiger partial charge >= 0.3 is 0 Å². The van der Waals surface area contributed by atoms with Crippen LogP contribution in [0.2, 0.25) is 0 Å². The summed E-state index contributed by atoms with van der Waals surface area (Å²) in [6.45, 7) is 1.98. The highest BCUT2D eigenvalue weighted by Gasteiger charge is 2.19. The van der Waals surface area contributed by atoms with Crippen molar-refractivity contribution in [1.82, 2.24) is 4.72 Å². The van der Waals surface area contributed by atoms with Gasteiger partial charge in [0.1, 0.15) is 4.21 Å². The van der Waals surface area contributed by atoms with E-state index in [4.69, 9.17) is 5.11 Å². The van der Waals surface area contributed by atoms with Crippen LogP contribution in [0.5, 0.6) is 0 Å². The predicted octanol–water partition coefficient (Wildman–Crippen LogP) is 1.42. The van der Waals surface area contributed by atoms with E-state index in [1.54, 1.807) is 18.4 Å². The molecule has 7 heteroatoms. The molecule has 4 nitrogen and oxygen atoms in total. The van der Waals surface area contributed by atoms with Crippen LogP contribution in [-0.4, -0.2) is 26.7 Å². The highest BCUT2D eigenvalue weighted by atomic mass is 79.9. The van der Waals surface area contributed by atoms with E-state index in [1.165, 1.54) is 0 Å². The summed E-state index contributed by atoms with van der Waals surface area (Å²) in [6.07, 6.45) is 0. The van der Waals surface area contributed by atoms with E-state index in [0.29, 0.717) is 4.47 Å². The molecule has 0 aromatic carbocycles. The van der Waals surface area contributed by atoms with Gasteiger partial charge in [0, 0.05) is 17.6 Å². The molecule has 1 atom stereocenters. The van der Waals surface area contributed by atoms with Gasteiger partial charge in [-0.15, -0.1) is 11.3 Å². The van der Waals surface area contributed by atoms with Gasteiger partial charge in [0.15, 0.2) is 0 Å². The monoisotopic (exact) mass is 313 g/mol. The van der Waals surface area contributed by atoms with Gasteiger partial charge in [-0.3, -0.25) is 0 Å². The second-order valence-corrected chi connectivity index (χ2v) is 6.93. The number of aliphatic hydroxyl groups is 1. The molecule has 0 aliphatic carbocycles. The number of halogens is 1. The van der Waals surface area contributed by atoms with Crippen molar-refractivity contribution in [2.24, 2.45) is 5.92 Å². The molecule has 0 aliphatic rings. The number of aliphatic hydroxyl groups excluding tert-OH is 1. The first-order chi connectivity index (χ1) is 6.97. The smallest absolute Gasteiger partial charge is 0.251 e. The molecule has 0 amide bonds. The van der Waals surface area contributed by atoms with Gasteiger partial charge in [0.05, 0.1) is 0 Å². The normalized spacial score (nSPS) is 14.1. The van der Waals surface area contributed by atoms with E-state index < -0.39 is 10.0 Å². The van der Waals surface area contributed by atoms with Crippen LogP contribution in [0.15, 0.2) is 20.1 Å². The summed E-state index contributed by atoms with van der Waals surface area (Å²) in [7, 11) is -3.44. The second kappa shape index (κ2) is 5.40. The molecule has 0 aliphatic heterocycles. The first-order valence-electron chi connectivity index (χ1n) is 4.31. The van der Waals surface area contributed by atoms with Crippen molar-refractivity contribution < 1.29 is 13.5 Å². The Labute approximate surface area is 102 Å². The molecule has 15 heavy (non-hydrogen) atoms. The maximum atomic E-state index is 11.7. The van der Waals surface area contributed by atoms with Crippen LogP contribution in [0, 0.1) is 5.92 Å². The van der Waals surface area contributed by atoms with Crippen molar-refractivity contribution in [1.29, 1.82) is 0 Å². The van der Waals surface area contributed by atoms with Gasteiger partial charge in [-0.2, -0.15) is 0 Å². The Morgan fingerprint density at radius 3 is 2.80 bits per heavy atom. The van der Waals surface area contributed by atoms with Crippen molar-refractivity contribution in [3.63, 3.8) is 0 Å². The van der Waals surface area contributed by atoms with E-state index in [9.17, 15) is 8.42 Å². The molecule has 1 rings (SSSR count). The van der Waals surface area contributed by atoms with Crippen molar-refractivity contribution in [2.75, 3.05) is 13.2 Å². The molecule has 1 unspecified atom stereocenters. The first-order valence-corrected chi connectivity index (χ1v) is 7.46. The van der Waals surface area contributed by atoms with Crippen molar-refractivity contribution in [2.45, 2.75) is 11.1 Å². The minimum Gasteiger partial charge on any atom is -0.396 e. The molecule has 0 bridgehead atoms. The summed E-state index contributed by atoms with van der Waals surface area (Å²) in [5, 5.41) is 10.5. The summed E-state index contributed by atoms with van der Waals surface area (Å²) in [4.78, 5) is 0. The summed E-state index contributed by atoms with van der Waals surface area (Å²) in [5.41, 5.74) is 0. The van der Waals surface area contributed by atoms with Crippen LogP contribution in [0.25, 0.3) is 0 Å². The third-order valence-corrected chi connectivity index (χ3v) is 5.86. The van der Waals surface area contributed by atoms with Crippen LogP contribution in [0.1, 0.15) is 6.92 Å². The Balaban J connectivity index is 2.73. The van der Waals surface area contributed by atoms with Gasteiger partial charge in [0.25, 0.3) is 10.0 Å². The molecule has 1 aromatic rings. The van der Waals surface area contributed by atoms with Crippen molar-refractivity contribution in [3.05, 3.63) is 15.9 Å².